The SMILES string of the molecule is Cc1cc(F)ccc1C(=O)NCC(=O)N1CCC(CC2CCC(c3ccccc3)CC2)C1. The maximum atomic E-state index is 13.2. The molecule has 2 fully saturated rings. The first-order chi connectivity index (χ1) is 15.5. The highest BCUT2D eigenvalue weighted by molar-refractivity contribution is 5.97. The summed E-state index contributed by atoms with van der Waals surface area (Å²) < 4.78 is 13.2. The van der Waals surface area contributed by atoms with Crippen LogP contribution in [0.2, 0.25) is 0 Å². The number of carbonyl (C=O) groups is 2. The van der Waals surface area contributed by atoms with E-state index in [-0.39, 0.29) is 24.2 Å². The molecule has 4 rings (SSSR count). The zero-order valence-electron chi connectivity index (χ0n) is 18.9. The minimum atomic E-state index is -0.369. The Kier molecular flexibility index (Phi) is 7.23. The Morgan fingerprint density at radius 3 is 2.47 bits per heavy atom. The fourth-order valence-electron chi connectivity index (χ4n) is 5.42. The molecule has 2 amide bonds. The van der Waals surface area contributed by atoms with E-state index in [1.807, 2.05) is 4.90 Å². The Balaban J connectivity index is 1.19. The van der Waals surface area contributed by atoms with Gasteiger partial charge in [-0.05, 0) is 92.5 Å². The Bertz CT molecular complexity index is 938. The van der Waals surface area contributed by atoms with E-state index < -0.39 is 0 Å². The van der Waals surface area contributed by atoms with Gasteiger partial charge in [0.05, 0.1) is 6.54 Å². The minimum absolute atomic E-state index is 0.00937. The first-order valence-corrected chi connectivity index (χ1v) is 11.9. The summed E-state index contributed by atoms with van der Waals surface area (Å²) in [6, 6.07) is 14.9. The quantitative estimate of drug-likeness (QED) is 0.687. The average molecular weight is 437 g/mol. The molecule has 2 aliphatic rings. The summed E-state index contributed by atoms with van der Waals surface area (Å²) in [6.07, 6.45) is 7.33. The summed E-state index contributed by atoms with van der Waals surface area (Å²) in [6.45, 7) is 3.25. The molecular formula is C27H33FN2O2. The molecule has 0 spiro atoms. The third-order valence-electron chi connectivity index (χ3n) is 7.26. The number of nitrogens with zero attached hydrogens (tertiary/aromatic N) is 1. The second-order valence-corrected chi connectivity index (χ2v) is 9.50. The van der Waals surface area contributed by atoms with Gasteiger partial charge in [-0.2, -0.15) is 0 Å². The van der Waals surface area contributed by atoms with Gasteiger partial charge in [0.25, 0.3) is 5.91 Å². The van der Waals surface area contributed by atoms with Gasteiger partial charge in [0.2, 0.25) is 5.91 Å². The molecule has 0 bridgehead atoms. The molecule has 1 aliphatic heterocycles. The molecule has 1 atom stereocenters. The molecule has 1 heterocycles. The van der Waals surface area contributed by atoms with Crippen LogP contribution in [0.25, 0.3) is 0 Å². The van der Waals surface area contributed by atoms with Crippen molar-refractivity contribution in [2.45, 2.75) is 51.4 Å². The van der Waals surface area contributed by atoms with E-state index in [1.165, 1.54) is 55.9 Å². The van der Waals surface area contributed by atoms with Crippen LogP contribution in [0.4, 0.5) is 4.39 Å². The Morgan fingerprint density at radius 2 is 1.75 bits per heavy atom. The maximum Gasteiger partial charge on any atom is 0.251 e. The molecule has 1 unspecified atom stereocenters. The average Bonchev–Trinajstić information content (AvgIpc) is 3.27. The van der Waals surface area contributed by atoms with Crippen LogP contribution in [0.15, 0.2) is 48.5 Å². The van der Waals surface area contributed by atoms with E-state index in [0.717, 1.165) is 25.4 Å². The van der Waals surface area contributed by atoms with Crippen LogP contribution in [0.3, 0.4) is 0 Å². The number of carbonyl (C=O) groups excluding carboxylic acids is 2. The van der Waals surface area contributed by atoms with Crippen LogP contribution < -0.4 is 5.32 Å². The lowest BCUT2D eigenvalue weighted by molar-refractivity contribution is -0.129. The van der Waals surface area contributed by atoms with Crippen LogP contribution in [0, 0.1) is 24.6 Å². The van der Waals surface area contributed by atoms with Crippen LogP contribution in [0.1, 0.15) is 65.9 Å². The van der Waals surface area contributed by atoms with Gasteiger partial charge in [0, 0.05) is 18.7 Å². The lowest BCUT2D eigenvalue weighted by Gasteiger charge is -2.30. The van der Waals surface area contributed by atoms with Gasteiger partial charge < -0.3 is 10.2 Å². The van der Waals surface area contributed by atoms with Crippen molar-refractivity contribution in [1.82, 2.24) is 10.2 Å². The number of rotatable bonds is 6. The summed E-state index contributed by atoms with van der Waals surface area (Å²) in [5.41, 5.74) is 2.45. The van der Waals surface area contributed by atoms with Crippen molar-refractivity contribution in [1.29, 1.82) is 0 Å². The number of nitrogens with one attached hydrogen (secondary N) is 1. The van der Waals surface area contributed by atoms with Crippen LogP contribution in [-0.4, -0.2) is 36.3 Å². The second kappa shape index (κ2) is 10.3. The molecule has 4 nitrogen and oxygen atoms in total. The van der Waals surface area contributed by atoms with Gasteiger partial charge in [0.15, 0.2) is 0 Å². The molecule has 1 aliphatic carbocycles. The van der Waals surface area contributed by atoms with Gasteiger partial charge in [-0.3, -0.25) is 9.59 Å². The molecule has 1 saturated carbocycles. The fourth-order valence-corrected chi connectivity index (χ4v) is 5.42. The van der Waals surface area contributed by atoms with Gasteiger partial charge in [-0.15, -0.1) is 0 Å². The van der Waals surface area contributed by atoms with Crippen molar-refractivity contribution in [2.75, 3.05) is 19.6 Å². The highest BCUT2D eigenvalue weighted by Crippen LogP contribution is 2.39. The molecule has 1 saturated heterocycles. The minimum Gasteiger partial charge on any atom is -0.343 e. The van der Waals surface area contributed by atoms with E-state index in [4.69, 9.17) is 0 Å². The molecule has 32 heavy (non-hydrogen) atoms. The molecule has 0 aromatic heterocycles. The maximum absolute atomic E-state index is 13.2. The summed E-state index contributed by atoms with van der Waals surface area (Å²) >= 11 is 0. The van der Waals surface area contributed by atoms with Crippen molar-refractivity contribution in [3.63, 3.8) is 0 Å². The number of hydrogen-bond donors (Lipinski definition) is 1. The predicted molar refractivity (Wildman–Crippen MR) is 124 cm³/mol. The van der Waals surface area contributed by atoms with Crippen LogP contribution >= 0.6 is 0 Å². The summed E-state index contributed by atoms with van der Waals surface area (Å²) in [4.78, 5) is 26.8. The summed E-state index contributed by atoms with van der Waals surface area (Å²) in [5.74, 6) is 1.29. The molecule has 2 aromatic rings. The molecule has 0 radical (unpaired) electrons. The highest BCUT2D eigenvalue weighted by Gasteiger charge is 2.30. The van der Waals surface area contributed by atoms with E-state index in [1.54, 1.807) is 6.92 Å². The van der Waals surface area contributed by atoms with Crippen molar-refractivity contribution < 1.29 is 14.0 Å². The summed E-state index contributed by atoms with van der Waals surface area (Å²) in [7, 11) is 0. The van der Waals surface area contributed by atoms with E-state index >= 15 is 0 Å². The zero-order chi connectivity index (χ0) is 22.5. The van der Waals surface area contributed by atoms with Gasteiger partial charge in [-0.1, -0.05) is 30.3 Å². The van der Waals surface area contributed by atoms with Crippen molar-refractivity contribution in [3.8, 4) is 0 Å². The third-order valence-corrected chi connectivity index (χ3v) is 7.26. The number of amides is 2. The lowest BCUT2D eigenvalue weighted by atomic mass is 9.75. The second-order valence-electron chi connectivity index (χ2n) is 9.50. The monoisotopic (exact) mass is 436 g/mol. The normalized spacial score (nSPS) is 23.2. The van der Waals surface area contributed by atoms with E-state index in [2.05, 4.69) is 35.6 Å². The topological polar surface area (TPSA) is 49.4 Å². The number of aryl methyl sites for hydroxylation is 1. The van der Waals surface area contributed by atoms with Crippen LogP contribution in [-0.2, 0) is 4.79 Å². The van der Waals surface area contributed by atoms with Gasteiger partial charge >= 0.3 is 0 Å². The first kappa shape index (κ1) is 22.5. The standard InChI is InChI=1S/C27H33FN2O2/c1-19-15-24(28)11-12-25(19)27(32)29-17-26(31)30-14-13-21(18-30)16-20-7-9-23(10-8-20)22-5-3-2-4-6-22/h2-6,11-12,15,20-21,23H,7-10,13-14,16-18H2,1H3,(H,29,32). The van der Waals surface area contributed by atoms with Gasteiger partial charge in [-0.25, -0.2) is 4.39 Å². The summed E-state index contributed by atoms with van der Waals surface area (Å²) in [5, 5.41) is 2.70. The molecular weight excluding hydrogens is 403 g/mol. The molecule has 2 aromatic carbocycles. The number of likely N-dealkylation sites (tertiary alicyclic amines) is 1. The zero-order valence-corrected chi connectivity index (χ0v) is 18.9. The highest BCUT2D eigenvalue weighted by atomic mass is 19.1. The van der Waals surface area contributed by atoms with E-state index in [9.17, 15) is 14.0 Å². The number of benzene rings is 2. The Labute approximate surface area is 190 Å². The first-order valence-electron chi connectivity index (χ1n) is 11.9. The van der Waals surface area contributed by atoms with E-state index in [0.29, 0.717) is 23.0 Å². The third kappa shape index (κ3) is 5.56. The molecule has 1 N–H and O–H groups in total. The number of halogens is 1. The van der Waals surface area contributed by atoms with Gasteiger partial charge in [0.1, 0.15) is 5.82 Å². The Hall–Kier alpha value is -2.69. The number of hydrogen-bond acceptors (Lipinski definition) is 2. The largest absolute Gasteiger partial charge is 0.343 e. The lowest BCUT2D eigenvalue weighted by Crippen LogP contribution is -2.39. The molecule has 5 heteroatoms. The molecule has 170 valence electrons. The Morgan fingerprint density at radius 1 is 1.00 bits per heavy atom. The predicted octanol–water partition coefficient (Wildman–Crippen LogP) is 5.08. The fraction of sp³-hybridized carbons (Fsp3) is 0.481. The van der Waals surface area contributed by atoms with Crippen LogP contribution in [0.5, 0.6) is 0 Å². The van der Waals surface area contributed by atoms with Crippen molar-refractivity contribution in [3.05, 3.63) is 71.0 Å². The van der Waals surface area contributed by atoms with Crippen molar-refractivity contribution in [2.24, 2.45) is 11.8 Å². The van der Waals surface area contributed by atoms with Crippen molar-refractivity contribution >= 4 is 11.8 Å². The smallest absolute Gasteiger partial charge is 0.251 e.